The Morgan fingerprint density at radius 1 is 1.42 bits per heavy atom. The number of esters is 1. The first-order valence-electron chi connectivity index (χ1n) is 6.19. The number of rotatable bonds is 8. The molecule has 1 rings (SSSR count). The van der Waals surface area contributed by atoms with Crippen molar-refractivity contribution in [2.24, 2.45) is 0 Å². The number of ether oxygens (including phenoxy) is 1. The molecule has 0 amide bonds. The van der Waals surface area contributed by atoms with Gasteiger partial charge in [-0.05, 0) is 32.0 Å². The molecule has 0 spiro atoms. The highest BCUT2D eigenvalue weighted by Crippen LogP contribution is 1.99. The van der Waals surface area contributed by atoms with Gasteiger partial charge in [0, 0.05) is 13.0 Å². The van der Waals surface area contributed by atoms with E-state index < -0.39 is 5.97 Å². The second kappa shape index (κ2) is 8.20. The molecule has 0 aliphatic heterocycles. The third-order valence-corrected chi connectivity index (χ3v) is 2.37. The van der Waals surface area contributed by atoms with Gasteiger partial charge in [0.1, 0.15) is 5.69 Å². The van der Waals surface area contributed by atoms with E-state index in [2.05, 4.69) is 10.3 Å². The molecule has 0 bridgehead atoms. The van der Waals surface area contributed by atoms with Crippen LogP contribution < -0.4 is 5.32 Å². The predicted molar refractivity (Wildman–Crippen MR) is 68.8 cm³/mol. The highest BCUT2D eigenvalue weighted by atomic mass is 16.5. The summed E-state index contributed by atoms with van der Waals surface area (Å²) in [6, 6.07) is 4.86. The van der Waals surface area contributed by atoms with Crippen LogP contribution in [0, 0.1) is 0 Å². The van der Waals surface area contributed by atoms with Gasteiger partial charge in [-0.2, -0.15) is 0 Å². The maximum Gasteiger partial charge on any atom is 0.354 e. The van der Waals surface area contributed by atoms with Crippen LogP contribution in [0.25, 0.3) is 0 Å². The van der Waals surface area contributed by atoms with Crippen LogP contribution in [-0.4, -0.2) is 35.2 Å². The van der Waals surface area contributed by atoms with Crippen LogP contribution in [0.1, 0.15) is 35.9 Å². The first kappa shape index (κ1) is 15.1. The summed E-state index contributed by atoms with van der Waals surface area (Å²) in [4.78, 5) is 25.8. The van der Waals surface area contributed by atoms with Gasteiger partial charge < -0.3 is 15.2 Å². The Bertz CT molecular complexity index is 434. The molecule has 2 N–H and O–H groups in total. The van der Waals surface area contributed by atoms with E-state index in [0.29, 0.717) is 38.2 Å². The van der Waals surface area contributed by atoms with E-state index in [9.17, 15) is 9.59 Å². The van der Waals surface area contributed by atoms with Crippen molar-refractivity contribution in [1.29, 1.82) is 0 Å². The number of hydrogen-bond donors (Lipinski definition) is 2. The number of carboxylic acid groups (broad SMARTS) is 1. The first-order valence-corrected chi connectivity index (χ1v) is 6.19. The smallest absolute Gasteiger partial charge is 0.354 e. The van der Waals surface area contributed by atoms with Crippen molar-refractivity contribution in [3.63, 3.8) is 0 Å². The second-order valence-electron chi connectivity index (χ2n) is 3.90. The summed E-state index contributed by atoms with van der Waals surface area (Å²) in [5.41, 5.74) is 0.696. The first-order chi connectivity index (χ1) is 9.13. The molecule has 0 saturated carbocycles. The molecule has 0 aliphatic rings. The Morgan fingerprint density at radius 2 is 2.21 bits per heavy atom. The zero-order valence-corrected chi connectivity index (χ0v) is 10.9. The highest BCUT2D eigenvalue weighted by molar-refractivity contribution is 5.85. The summed E-state index contributed by atoms with van der Waals surface area (Å²) in [5.74, 6) is -1.24. The maximum atomic E-state index is 11.1. The van der Waals surface area contributed by atoms with E-state index >= 15 is 0 Å². The number of aromatic nitrogens is 1. The molecule has 19 heavy (non-hydrogen) atoms. The number of carbonyl (C=O) groups is 2. The summed E-state index contributed by atoms with van der Waals surface area (Å²) in [7, 11) is 0. The lowest BCUT2D eigenvalue weighted by molar-refractivity contribution is -0.143. The van der Waals surface area contributed by atoms with Gasteiger partial charge in [0.25, 0.3) is 0 Å². The minimum Gasteiger partial charge on any atom is -0.477 e. The van der Waals surface area contributed by atoms with Crippen LogP contribution in [-0.2, 0) is 16.1 Å². The number of carbonyl (C=O) groups excluding carboxylic acids is 1. The molecule has 1 aromatic heterocycles. The third kappa shape index (κ3) is 5.96. The molecule has 0 aliphatic carbocycles. The number of hydrogen-bond acceptors (Lipinski definition) is 5. The zero-order chi connectivity index (χ0) is 14.1. The molecule has 104 valence electrons. The molecule has 0 aromatic carbocycles. The van der Waals surface area contributed by atoms with Gasteiger partial charge in [0.15, 0.2) is 0 Å². The largest absolute Gasteiger partial charge is 0.477 e. The Morgan fingerprint density at radius 3 is 2.89 bits per heavy atom. The molecule has 6 nitrogen and oxygen atoms in total. The van der Waals surface area contributed by atoms with Crippen LogP contribution >= 0.6 is 0 Å². The summed E-state index contributed by atoms with van der Waals surface area (Å²) in [6.07, 6.45) is 1.06. The number of aromatic carboxylic acids is 1. The Kier molecular flexibility index (Phi) is 6.52. The van der Waals surface area contributed by atoms with Crippen molar-refractivity contribution in [2.75, 3.05) is 13.2 Å². The summed E-state index contributed by atoms with van der Waals surface area (Å²) in [6.45, 7) is 3.30. The topological polar surface area (TPSA) is 88.5 Å². The lowest BCUT2D eigenvalue weighted by atomic mass is 10.3. The van der Waals surface area contributed by atoms with E-state index in [-0.39, 0.29) is 11.7 Å². The lowest BCUT2D eigenvalue weighted by Crippen LogP contribution is -2.17. The summed E-state index contributed by atoms with van der Waals surface area (Å²) in [5, 5.41) is 11.9. The van der Waals surface area contributed by atoms with Crippen molar-refractivity contribution in [3.05, 3.63) is 29.6 Å². The maximum absolute atomic E-state index is 11.1. The Hall–Kier alpha value is -1.95. The number of nitrogens with zero attached hydrogens (tertiary/aromatic N) is 1. The third-order valence-electron chi connectivity index (χ3n) is 2.37. The van der Waals surface area contributed by atoms with E-state index in [1.165, 1.54) is 6.07 Å². The van der Waals surface area contributed by atoms with Gasteiger partial charge in [0.05, 0.1) is 12.3 Å². The summed E-state index contributed by atoms with van der Waals surface area (Å²) >= 11 is 0. The molecule has 0 atom stereocenters. The molecular weight excluding hydrogens is 248 g/mol. The average molecular weight is 266 g/mol. The average Bonchev–Trinajstić information content (AvgIpc) is 2.39. The molecule has 1 aromatic rings. The molecule has 0 fully saturated rings. The van der Waals surface area contributed by atoms with Crippen molar-refractivity contribution in [3.8, 4) is 0 Å². The van der Waals surface area contributed by atoms with Gasteiger partial charge in [-0.15, -0.1) is 0 Å². The van der Waals surface area contributed by atoms with Crippen LogP contribution in [0.4, 0.5) is 0 Å². The van der Waals surface area contributed by atoms with E-state index in [1.54, 1.807) is 19.1 Å². The number of pyridine rings is 1. The lowest BCUT2D eigenvalue weighted by Gasteiger charge is -2.05. The van der Waals surface area contributed by atoms with E-state index in [0.717, 1.165) is 0 Å². The monoisotopic (exact) mass is 266 g/mol. The number of nitrogens with one attached hydrogen (secondary N) is 1. The van der Waals surface area contributed by atoms with Gasteiger partial charge in [-0.1, -0.05) is 6.07 Å². The minimum atomic E-state index is -1.04. The fraction of sp³-hybridized carbons (Fsp3) is 0.462. The Labute approximate surface area is 111 Å². The van der Waals surface area contributed by atoms with Crippen LogP contribution in [0.5, 0.6) is 0 Å². The SMILES string of the molecule is CCOC(=O)CCCNCc1cccc(C(=O)O)n1. The van der Waals surface area contributed by atoms with E-state index in [1.807, 2.05) is 0 Å². The zero-order valence-electron chi connectivity index (χ0n) is 10.9. The van der Waals surface area contributed by atoms with Crippen LogP contribution in [0.15, 0.2) is 18.2 Å². The van der Waals surface area contributed by atoms with Crippen molar-refractivity contribution >= 4 is 11.9 Å². The number of carboxylic acids is 1. The standard InChI is InChI=1S/C13H18N2O4/c1-2-19-12(16)7-4-8-14-9-10-5-3-6-11(15-10)13(17)18/h3,5-6,14H,2,4,7-9H2,1H3,(H,17,18). The predicted octanol–water partition coefficient (Wildman–Crippen LogP) is 1.21. The molecule has 0 radical (unpaired) electrons. The fourth-order valence-electron chi connectivity index (χ4n) is 1.50. The van der Waals surface area contributed by atoms with Crippen molar-refractivity contribution < 1.29 is 19.4 Å². The molecule has 6 heteroatoms. The fourth-order valence-corrected chi connectivity index (χ4v) is 1.50. The van der Waals surface area contributed by atoms with Crippen molar-refractivity contribution in [1.82, 2.24) is 10.3 Å². The second-order valence-corrected chi connectivity index (χ2v) is 3.90. The quantitative estimate of drug-likeness (QED) is 0.543. The van der Waals surface area contributed by atoms with Crippen molar-refractivity contribution in [2.45, 2.75) is 26.3 Å². The van der Waals surface area contributed by atoms with Crippen LogP contribution in [0.3, 0.4) is 0 Å². The molecule has 0 unspecified atom stereocenters. The van der Waals surface area contributed by atoms with Gasteiger partial charge in [0.2, 0.25) is 0 Å². The molecule has 0 saturated heterocycles. The van der Waals surface area contributed by atoms with Crippen LogP contribution in [0.2, 0.25) is 0 Å². The Balaban J connectivity index is 2.24. The van der Waals surface area contributed by atoms with Gasteiger partial charge in [-0.3, -0.25) is 4.79 Å². The normalized spacial score (nSPS) is 10.2. The molecule has 1 heterocycles. The van der Waals surface area contributed by atoms with Gasteiger partial charge in [-0.25, -0.2) is 9.78 Å². The van der Waals surface area contributed by atoms with Gasteiger partial charge >= 0.3 is 11.9 Å². The summed E-state index contributed by atoms with van der Waals surface area (Å²) < 4.78 is 4.80. The van der Waals surface area contributed by atoms with E-state index in [4.69, 9.17) is 9.84 Å². The minimum absolute atomic E-state index is 0.0332. The highest BCUT2D eigenvalue weighted by Gasteiger charge is 2.05. The molecular formula is C13H18N2O4.